The monoisotopic (exact) mass is 603 g/mol. The minimum Gasteiger partial charge on any atom is -0.463 e. The molecule has 5 fully saturated rings. The van der Waals surface area contributed by atoms with Crippen LogP contribution in [0.5, 0.6) is 0 Å². The molecule has 4 aliphatic carbocycles. The maximum Gasteiger partial charge on any atom is 0.410 e. The average Bonchev–Trinajstić information content (AvgIpc) is 3.46. The van der Waals surface area contributed by atoms with E-state index in [2.05, 4.69) is 27.7 Å². The number of amides is 1. The minimum atomic E-state index is -0.211. The number of ether oxygens (including phenoxy) is 3. The molecule has 1 aromatic rings. The Hall–Kier alpha value is -2.34. The minimum absolute atomic E-state index is 0.0692. The Morgan fingerprint density at radius 2 is 1.84 bits per heavy atom. The third kappa shape index (κ3) is 5.11. The summed E-state index contributed by atoms with van der Waals surface area (Å²) in [6, 6.07) is 10.0. The number of benzene rings is 1. The maximum atomic E-state index is 13.6. The van der Waals surface area contributed by atoms with Crippen LogP contribution in [0.1, 0.15) is 104 Å². The molecule has 1 amide bonds. The van der Waals surface area contributed by atoms with E-state index in [-0.39, 0.29) is 41.8 Å². The van der Waals surface area contributed by atoms with Gasteiger partial charge in [0.2, 0.25) is 0 Å². The lowest BCUT2D eigenvalue weighted by Crippen LogP contribution is -2.54. The van der Waals surface area contributed by atoms with Gasteiger partial charge in [-0.1, -0.05) is 62.2 Å². The molecule has 1 spiro atoms. The van der Waals surface area contributed by atoms with Crippen LogP contribution in [0.3, 0.4) is 0 Å². The van der Waals surface area contributed by atoms with Crippen LogP contribution in [-0.2, 0) is 25.6 Å². The molecule has 0 aromatic heterocycles. The topological polar surface area (TPSA) is 65.1 Å². The maximum absolute atomic E-state index is 13.6. The third-order valence-corrected chi connectivity index (χ3v) is 13.5. The van der Waals surface area contributed by atoms with E-state index < -0.39 is 0 Å². The molecule has 2 saturated heterocycles. The molecule has 0 radical (unpaired) electrons. The highest BCUT2D eigenvalue weighted by Gasteiger charge is 2.61. The van der Waals surface area contributed by atoms with Gasteiger partial charge in [-0.25, -0.2) is 4.79 Å². The highest BCUT2D eigenvalue weighted by Crippen LogP contribution is 2.65. The predicted octanol–water partition coefficient (Wildman–Crippen LogP) is 8.09. The second-order valence-electron chi connectivity index (χ2n) is 15.9. The molecule has 6 nitrogen and oxygen atoms in total. The van der Waals surface area contributed by atoms with Gasteiger partial charge in [0.25, 0.3) is 0 Å². The zero-order valence-corrected chi connectivity index (χ0v) is 27.6. The number of rotatable bonds is 3. The largest absolute Gasteiger partial charge is 0.463 e. The standard InChI is InChI=1S/C38H53NO5/c1-23-17-34-35(39(21-23)36(41)42-22-27-9-7-6-8-10-27)25(3)38(44-34)16-14-30-31-12-11-28-18-29(43-26(4)40)13-15-37(28,5)33(31)19-32(30)24(2)20-38/h6-10,23,25,28-31,33-35H,11-22H2,1-5H3/t23-,25+,28?,29+,30-,31-,33-,34+,35-,37-,38-/m0/s1. The van der Waals surface area contributed by atoms with Crippen LogP contribution in [0.2, 0.25) is 0 Å². The Balaban J connectivity index is 1.08. The molecule has 240 valence electrons. The Bertz CT molecular complexity index is 1290. The Labute approximate surface area is 264 Å². The molecule has 11 atom stereocenters. The molecule has 1 aromatic carbocycles. The normalized spacial score (nSPS) is 43.0. The molecule has 2 aliphatic heterocycles. The van der Waals surface area contributed by atoms with Gasteiger partial charge in [-0.05, 0) is 112 Å². The van der Waals surface area contributed by atoms with Crippen molar-refractivity contribution in [3.05, 3.63) is 47.0 Å². The van der Waals surface area contributed by atoms with Crippen molar-refractivity contribution >= 4 is 12.1 Å². The fourth-order valence-electron chi connectivity index (χ4n) is 11.4. The molecule has 0 bridgehead atoms. The van der Waals surface area contributed by atoms with Crippen molar-refractivity contribution in [3.8, 4) is 0 Å². The summed E-state index contributed by atoms with van der Waals surface area (Å²) in [5.74, 6) is 3.34. The van der Waals surface area contributed by atoms with Crippen molar-refractivity contribution in [2.24, 2.45) is 40.9 Å². The van der Waals surface area contributed by atoms with E-state index in [1.807, 2.05) is 35.2 Å². The predicted molar refractivity (Wildman–Crippen MR) is 170 cm³/mol. The number of carbonyl (C=O) groups is 2. The van der Waals surface area contributed by atoms with Crippen LogP contribution in [0.25, 0.3) is 0 Å². The fraction of sp³-hybridized carbons (Fsp3) is 0.737. The Morgan fingerprint density at radius 1 is 1.05 bits per heavy atom. The molecule has 0 N–H and O–H groups in total. The summed E-state index contributed by atoms with van der Waals surface area (Å²) in [6.45, 7) is 12.2. The van der Waals surface area contributed by atoms with E-state index in [0.29, 0.717) is 29.8 Å². The first kappa shape index (κ1) is 30.3. The molecule has 2 heterocycles. The number of carbonyl (C=O) groups excluding carboxylic acids is 2. The Kier molecular flexibility index (Phi) is 7.91. The van der Waals surface area contributed by atoms with Gasteiger partial charge in [-0.15, -0.1) is 0 Å². The van der Waals surface area contributed by atoms with E-state index in [4.69, 9.17) is 14.2 Å². The highest BCUT2D eigenvalue weighted by atomic mass is 16.6. The lowest BCUT2D eigenvalue weighted by molar-refractivity contribution is -0.154. The summed E-state index contributed by atoms with van der Waals surface area (Å²) in [4.78, 5) is 27.3. The molecule has 1 unspecified atom stereocenters. The van der Waals surface area contributed by atoms with Gasteiger partial charge < -0.3 is 19.1 Å². The van der Waals surface area contributed by atoms with Gasteiger partial charge in [0.15, 0.2) is 0 Å². The van der Waals surface area contributed by atoms with Crippen LogP contribution in [-0.4, -0.2) is 47.4 Å². The van der Waals surface area contributed by atoms with Gasteiger partial charge in [-0.2, -0.15) is 0 Å². The van der Waals surface area contributed by atoms with Crippen molar-refractivity contribution < 1.29 is 23.8 Å². The third-order valence-electron chi connectivity index (χ3n) is 13.5. The molecule has 44 heavy (non-hydrogen) atoms. The van der Waals surface area contributed by atoms with Gasteiger partial charge in [0.05, 0.1) is 17.7 Å². The highest BCUT2D eigenvalue weighted by molar-refractivity contribution is 5.68. The number of piperidine rings is 1. The van der Waals surface area contributed by atoms with E-state index in [1.165, 1.54) is 32.1 Å². The first-order valence-electron chi connectivity index (χ1n) is 17.6. The summed E-state index contributed by atoms with van der Waals surface area (Å²) in [5.41, 5.74) is 4.45. The number of hydrogen-bond acceptors (Lipinski definition) is 5. The average molecular weight is 604 g/mol. The SMILES string of the molecule is CC(=O)O[C@@H]1CC[C@@]2(C)C(CC[C@H]3[C@@H]4CC[C@@]5(CC(C)=C4C[C@@H]32)O[C@@H]2C[C@H](C)CN(C(=O)OCc3ccccc3)[C@H]2[C@H]5C)C1. The lowest BCUT2D eigenvalue weighted by Gasteiger charge is -2.54. The molecule has 3 saturated carbocycles. The lowest BCUT2D eigenvalue weighted by atomic mass is 9.52. The van der Waals surface area contributed by atoms with Crippen LogP contribution in [0, 0.1) is 40.9 Å². The van der Waals surface area contributed by atoms with Crippen molar-refractivity contribution in [2.75, 3.05) is 6.54 Å². The zero-order valence-electron chi connectivity index (χ0n) is 27.6. The fourth-order valence-corrected chi connectivity index (χ4v) is 11.4. The molecule has 6 heteroatoms. The second-order valence-corrected chi connectivity index (χ2v) is 15.9. The molecule has 6 aliphatic rings. The second kappa shape index (κ2) is 11.5. The molecular formula is C38H53NO5. The van der Waals surface area contributed by atoms with Crippen molar-refractivity contribution in [3.63, 3.8) is 0 Å². The number of likely N-dealkylation sites (tertiary alicyclic amines) is 1. The zero-order chi connectivity index (χ0) is 30.8. The van der Waals surface area contributed by atoms with Gasteiger partial charge in [-0.3, -0.25) is 4.79 Å². The van der Waals surface area contributed by atoms with Crippen LogP contribution < -0.4 is 0 Å². The number of nitrogens with zero attached hydrogens (tertiary/aromatic N) is 1. The van der Waals surface area contributed by atoms with Crippen LogP contribution in [0.4, 0.5) is 4.79 Å². The summed E-state index contributed by atoms with van der Waals surface area (Å²) < 4.78 is 18.8. The summed E-state index contributed by atoms with van der Waals surface area (Å²) in [7, 11) is 0. The van der Waals surface area contributed by atoms with E-state index in [0.717, 1.165) is 56.0 Å². The van der Waals surface area contributed by atoms with Crippen LogP contribution >= 0.6 is 0 Å². The van der Waals surface area contributed by atoms with Crippen LogP contribution in [0.15, 0.2) is 41.5 Å². The van der Waals surface area contributed by atoms with Crippen molar-refractivity contribution in [1.82, 2.24) is 4.90 Å². The number of esters is 1. The number of hydrogen-bond donors (Lipinski definition) is 0. The Morgan fingerprint density at radius 3 is 2.61 bits per heavy atom. The van der Waals surface area contributed by atoms with Gasteiger partial charge >= 0.3 is 12.1 Å². The molecular weight excluding hydrogens is 550 g/mol. The number of allylic oxidation sites excluding steroid dienone is 1. The van der Waals surface area contributed by atoms with E-state index in [1.54, 1.807) is 18.1 Å². The number of fused-ring (bicyclic) bond motifs is 6. The van der Waals surface area contributed by atoms with Crippen molar-refractivity contribution in [2.45, 2.75) is 129 Å². The molecule has 7 rings (SSSR count). The van der Waals surface area contributed by atoms with E-state index in [9.17, 15) is 9.59 Å². The van der Waals surface area contributed by atoms with Gasteiger partial charge in [0, 0.05) is 19.4 Å². The van der Waals surface area contributed by atoms with Gasteiger partial charge in [0.1, 0.15) is 12.7 Å². The van der Waals surface area contributed by atoms with Crippen molar-refractivity contribution in [1.29, 1.82) is 0 Å². The quantitative estimate of drug-likeness (QED) is 0.258. The summed E-state index contributed by atoms with van der Waals surface area (Å²) >= 11 is 0. The summed E-state index contributed by atoms with van der Waals surface area (Å²) in [5, 5.41) is 0. The first-order valence-corrected chi connectivity index (χ1v) is 17.6. The van der Waals surface area contributed by atoms with E-state index >= 15 is 0 Å². The smallest absolute Gasteiger partial charge is 0.410 e. The summed E-state index contributed by atoms with van der Waals surface area (Å²) in [6.07, 6.45) is 11.3. The first-order chi connectivity index (χ1) is 21.1.